The van der Waals surface area contributed by atoms with Crippen molar-refractivity contribution in [3.05, 3.63) is 29.7 Å². The number of nitrogens with one attached hydrogen (secondary N) is 2. The lowest BCUT2D eigenvalue weighted by Gasteiger charge is -2.49. The van der Waals surface area contributed by atoms with Crippen molar-refractivity contribution < 1.29 is 18.8 Å². The zero-order chi connectivity index (χ0) is 24.9. The summed E-state index contributed by atoms with van der Waals surface area (Å²) in [6.45, 7) is 5.72. The van der Waals surface area contributed by atoms with Gasteiger partial charge in [0, 0.05) is 24.4 Å². The Balaban J connectivity index is 1.64. The highest BCUT2D eigenvalue weighted by Crippen LogP contribution is 2.42. The van der Waals surface area contributed by atoms with Crippen LogP contribution in [-0.2, 0) is 16.1 Å². The Morgan fingerprint density at radius 3 is 2.43 bits per heavy atom. The standard InChI is InChI=1S/C27H35FN4O3/c1-16-8-11-20(12-9-16)32-25(34)24-23(29-17(2)33)21-14-18(28)10-13-22(21)31(24)15-27(32,3)26(35)30-19-6-4-5-7-19/h10,13-14,16,19-20H,4-9,11-12,15H2,1-3H3,(H,29,33)(H,30,35)/t16?,20?,27-/m1/s1. The van der Waals surface area contributed by atoms with Crippen LogP contribution < -0.4 is 10.6 Å². The van der Waals surface area contributed by atoms with Gasteiger partial charge in [-0.2, -0.15) is 0 Å². The van der Waals surface area contributed by atoms with Crippen molar-refractivity contribution in [2.45, 2.75) is 96.3 Å². The van der Waals surface area contributed by atoms with Gasteiger partial charge < -0.3 is 20.1 Å². The first-order chi connectivity index (χ1) is 16.7. The van der Waals surface area contributed by atoms with Gasteiger partial charge in [0.15, 0.2) is 0 Å². The van der Waals surface area contributed by atoms with Gasteiger partial charge in [-0.25, -0.2) is 4.39 Å². The van der Waals surface area contributed by atoms with E-state index in [2.05, 4.69) is 17.6 Å². The minimum atomic E-state index is -1.09. The van der Waals surface area contributed by atoms with E-state index in [0.717, 1.165) is 51.4 Å². The monoisotopic (exact) mass is 482 g/mol. The largest absolute Gasteiger partial charge is 0.351 e. The van der Waals surface area contributed by atoms with Crippen LogP contribution in [0.25, 0.3) is 10.9 Å². The zero-order valence-electron chi connectivity index (χ0n) is 20.8. The van der Waals surface area contributed by atoms with E-state index >= 15 is 0 Å². The molecule has 2 heterocycles. The first-order valence-electron chi connectivity index (χ1n) is 12.9. The van der Waals surface area contributed by atoms with Crippen LogP contribution in [0.1, 0.15) is 82.6 Å². The van der Waals surface area contributed by atoms with E-state index in [-0.39, 0.29) is 36.3 Å². The molecule has 188 valence electrons. The third-order valence-corrected chi connectivity index (χ3v) is 8.28. The lowest BCUT2D eigenvalue weighted by atomic mass is 9.82. The van der Waals surface area contributed by atoms with E-state index in [9.17, 15) is 18.8 Å². The van der Waals surface area contributed by atoms with Gasteiger partial charge in [0.05, 0.1) is 17.7 Å². The molecule has 0 bridgehead atoms. The summed E-state index contributed by atoms with van der Waals surface area (Å²) in [6, 6.07) is 4.39. The van der Waals surface area contributed by atoms with E-state index in [1.807, 2.05) is 6.92 Å². The minimum absolute atomic E-state index is 0.0632. The van der Waals surface area contributed by atoms with Gasteiger partial charge >= 0.3 is 0 Å². The number of halogens is 1. The molecule has 1 aromatic heterocycles. The highest BCUT2D eigenvalue weighted by molar-refractivity contribution is 6.14. The molecule has 2 fully saturated rings. The Bertz CT molecular complexity index is 1180. The maximum absolute atomic E-state index is 14.3. The second-order valence-electron chi connectivity index (χ2n) is 11.0. The Labute approximate surface area is 205 Å². The smallest absolute Gasteiger partial charge is 0.273 e. The van der Waals surface area contributed by atoms with Gasteiger partial charge in [-0.05, 0) is 69.6 Å². The fourth-order valence-electron chi connectivity index (χ4n) is 6.40. The van der Waals surface area contributed by atoms with Crippen molar-refractivity contribution in [2.75, 3.05) is 5.32 Å². The molecule has 1 atom stereocenters. The van der Waals surface area contributed by atoms with Crippen LogP contribution in [0.15, 0.2) is 18.2 Å². The number of anilines is 1. The molecule has 3 aliphatic rings. The van der Waals surface area contributed by atoms with Gasteiger partial charge in [0.2, 0.25) is 11.8 Å². The Hall–Kier alpha value is -2.90. The molecule has 2 N–H and O–H groups in total. The number of hydrogen-bond donors (Lipinski definition) is 2. The summed E-state index contributed by atoms with van der Waals surface area (Å²) in [5.74, 6) is -0.594. The molecule has 0 unspecified atom stereocenters. The quantitative estimate of drug-likeness (QED) is 0.669. The average molecular weight is 483 g/mol. The Morgan fingerprint density at radius 1 is 1.09 bits per heavy atom. The van der Waals surface area contributed by atoms with Crippen molar-refractivity contribution >= 4 is 34.3 Å². The van der Waals surface area contributed by atoms with Crippen LogP contribution in [0.2, 0.25) is 0 Å². The predicted octanol–water partition coefficient (Wildman–Crippen LogP) is 4.59. The SMILES string of the molecule is CC(=O)Nc1c2n(c3ccc(F)cc13)C[C@](C)(C(=O)NC1CCCC1)N(C1CCC(C)CC1)C2=O. The van der Waals surface area contributed by atoms with E-state index in [4.69, 9.17) is 0 Å². The molecular formula is C27H35FN4O3. The zero-order valence-corrected chi connectivity index (χ0v) is 20.8. The van der Waals surface area contributed by atoms with Crippen LogP contribution in [0.3, 0.4) is 0 Å². The molecular weight excluding hydrogens is 447 g/mol. The molecule has 5 rings (SSSR count). The molecule has 1 aromatic carbocycles. The molecule has 0 spiro atoms. The summed E-state index contributed by atoms with van der Waals surface area (Å²) in [6.07, 6.45) is 7.79. The molecule has 2 aromatic rings. The number of benzene rings is 1. The third-order valence-electron chi connectivity index (χ3n) is 8.28. The molecule has 1 aliphatic heterocycles. The number of hydrogen-bond acceptors (Lipinski definition) is 3. The molecule has 0 radical (unpaired) electrons. The Kier molecular flexibility index (Phi) is 6.09. The van der Waals surface area contributed by atoms with Crippen LogP contribution in [-0.4, -0.2) is 44.8 Å². The minimum Gasteiger partial charge on any atom is -0.351 e. The fraction of sp³-hybridized carbons (Fsp3) is 0.593. The number of fused-ring (bicyclic) bond motifs is 3. The Morgan fingerprint density at radius 2 is 1.77 bits per heavy atom. The topological polar surface area (TPSA) is 83.4 Å². The van der Waals surface area contributed by atoms with Crippen molar-refractivity contribution in [1.29, 1.82) is 0 Å². The third kappa shape index (κ3) is 4.10. The lowest BCUT2D eigenvalue weighted by molar-refractivity contribution is -0.135. The summed E-state index contributed by atoms with van der Waals surface area (Å²) in [5.41, 5.74) is 0.191. The molecule has 2 aliphatic carbocycles. The second-order valence-corrected chi connectivity index (χ2v) is 11.0. The molecule has 7 nitrogen and oxygen atoms in total. The average Bonchev–Trinajstić information content (AvgIpc) is 3.41. The van der Waals surface area contributed by atoms with E-state index < -0.39 is 11.4 Å². The first kappa shape index (κ1) is 23.8. The van der Waals surface area contributed by atoms with Crippen LogP contribution >= 0.6 is 0 Å². The van der Waals surface area contributed by atoms with Gasteiger partial charge in [-0.1, -0.05) is 19.8 Å². The van der Waals surface area contributed by atoms with Gasteiger partial charge in [0.25, 0.3) is 5.91 Å². The number of carbonyl (C=O) groups is 3. The number of nitrogens with zero attached hydrogens (tertiary/aromatic N) is 2. The van der Waals surface area contributed by atoms with Crippen molar-refractivity contribution in [1.82, 2.24) is 14.8 Å². The van der Waals surface area contributed by atoms with E-state index in [1.54, 1.807) is 15.5 Å². The number of aromatic nitrogens is 1. The maximum Gasteiger partial charge on any atom is 0.273 e. The van der Waals surface area contributed by atoms with Crippen LogP contribution in [0, 0.1) is 11.7 Å². The van der Waals surface area contributed by atoms with Crippen molar-refractivity contribution in [2.24, 2.45) is 5.92 Å². The number of rotatable bonds is 4. The molecule has 3 amide bonds. The van der Waals surface area contributed by atoms with Crippen LogP contribution in [0.5, 0.6) is 0 Å². The summed E-state index contributed by atoms with van der Waals surface area (Å²) >= 11 is 0. The summed E-state index contributed by atoms with van der Waals surface area (Å²) in [7, 11) is 0. The molecule has 2 saturated carbocycles. The number of carbonyl (C=O) groups excluding carboxylic acids is 3. The highest BCUT2D eigenvalue weighted by atomic mass is 19.1. The summed E-state index contributed by atoms with van der Waals surface area (Å²) in [5, 5.41) is 6.50. The van der Waals surface area contributed by atoms with E-state index in [0.29, 0.717) is 28.2 Å². The van der Waals surface area contributed by atoms with Crippen LogP contribution in [0.4, 0.5) is 10.1 Å². The van der Waals surface area contributed by atoms with E-state index in [1.165, 1.54) is 19.1 Å². The van der Waals surface area contributed by atoms with Crippen molar-refractivity contribution in [3.8, 4) is 0 Å². The van der Waals surface area contributed by atoms with Gasteiger partial charge in [0.1, 0.15) is 17.1 Å². The molecule has 0 saturated heterocycles. The molecule has 35 heavy (non-hydrogen) atoms. The highest BCUT2D eigenvalue weighted by Gasteiger charge is 2.52. The fourth-order valence-corrected chi connectivity index (χ4v) is 6.40. The normalized spacial score (nSPS) is 27.2. The summed E-state index contributed by atoms with van der Waals surface area (Å²) in [4.78, 5) is 42.0. The van der Waals surface area contributed by atoms with Gasteiger partial charge in [-0.3, -0.25) is 14.4 Å². The van der Waals surface area contributed by atoms with Gasteiger partial charge in [-0.15, -0.1) is 0 Å². The molecule has 8 heteroatoms. The summed E-state index contributed by atoms with van der Waals surface area (Å²) < 4.78 is 16.1. The van der Waals surface area contributed by atoms with Crippen molar-refractivity contribution in [3.63, 3.8) is 0 Å². The number of amides is 3. The maximum atomic E-state index is 14.3. The lowest BCUT2D eigenvalue weighted by Crippen LogP contribution is -2.67. The second kappa shape index (κ2) is 8.95. The predicted molar refractivity (Wildman–Crippen MR) is 133 cm³/mol. The first-order valence-corrected chi connectivity index (χ1v) is 12.9.